The molecular weight excluding hydrogens is 285 g/mol. The van der Waals surface area contributed by atoms with Crippen molar-refractivity contribution in [1.29, 1.82) is 0 Å². The summed E-state index contributed by atoms with van der Waals surface area (Å²) in [5.74, 6) is -0.497. The van der Waals surface area contributed by atoms with Crippen LogP contribution in [0.2, 0.25) is 0 Å². The predicted octanol–water partition coefficient (Wildman–Crippen LogP) is 2.35. The maximum absolute atomic E-state index is 13.0. The van der Waals surface area contributed by atoms with Gasteiger partial charge in [0.05, 0.1) is 6.54 Å². The van der Waals surface area contributed by atoms with Gasteiger partial charge in [0.2, 0.25) is 5.91 Å². The van der Waals surface area contributed by atoms with Crippen LogP contribution in [-0.2, 0) is 4.79 Å². The normalized spacial score (nSPS) is 12.3. The zero-order valence-corrected chi connectivity index (χ0v) is 13.4. The summed E-state index contributed by atoms with van der Waals surface area (Å²) >= 11 is 0. The van der Waals surface area contributed by atoms with Crippen molar-refractivity contribution < 1.29 is 14.0 Å². The van der Waals surface area contributed by atoms with E-state index in [1.165, 1.54) is 12.1 Å². The van der Waals surface area contributed by atoms with Crippen LogP contribution in [0.1, 0.15) is 39.3 Å². The van der Waals surface area contributed by atoms with E-state index in [9.17, 15) is 14.0 Å². The molecule has 0 aliphatic carbocycles. The Morgan fingerprint density at radius 3 is 2.18 bits per heavy atom. The zero-order chi connectivity index (χ0) is 16.7. The van der Waals surface area contributed by atoms with E-state index in [2.05, 4.69) is 16.0 Å². The van der Waals surface area contributed by atoms with E-state index in [4.69, 9.17) is 0 Å². The molecule has 0 radical (unpaired) electrons. The van der Waals surface area contributed by atoms with Crippen molar-refractivity contribution in [2.24, 2.45) is 5.92 Å². The average Bonchev–Trinajstić information content (AvgIpc) is 2.39. The molecule has 0 aromatic heterocycles. The van der Waals surface area contributed by atoms with Gasteiger partial charge < -0.3 is 10.6 Å². The van der Waals surface area contributed by atoms with Crippen molar-refractivity contribution >= 4 is 11.9 Å². The van der Waals surface area contributed by atoms with Crippen molar-refractivity contribution in [2.45, 2.75) is 39.8 Å². The van der Waals surface area contributed by atoms with E-state index in [1.807, 2.05) is 27.7 Å². The van der Waals surface area contributed by atoms with Crippen molar-refractivity contribution in [2.75, 3.05) is 6.54 Å². The highest BCUT2D eigenvalue weighted by Crippen LogP contribution is 2.21. The fourth-order valence-electron chi connectivity index (χ4n) is 2.08. The Hall–Kier alpha value is -1.95. The van der Waals surface area contributed by atoms with Crippen LogP contribution in [0.5, 0.6) is 0 Å². The molecule has 0 saturated heterocycles. The molecule has 3 N–H and O–H groups in total. The van der Waals surface area contributed by atoms with Crippen LogP contribution in [-0.4, -0.2) is 24.5 Å². The number of imide groups is 1. The third kappa shape index (κ3) is 6.22. The molecule has 0 unspecified atom stereocenters. The molecule has 0 saturated carbocycles. The van der Waals surface area contributed by atoms with Gasteiger partial charge in [0.25, 0.3) is 0 Å². The quantitative estimate of drug-likeness (QED) is 0.755. The van der Waals surface area contributed by atoms with E-state index in [1.54, 1.807) is 12.1 Å². The Morgan fingerprint density at radius 2 is 1.68 bits per heavy atom. The first-order chi connectivity index (χ1) is 10.3. The highest BCUT2D eigenvalue weighted by Gasteiger charge is 2.17. The van der Waals surface area contributed by atoms with Gasteiger partial charge in [-0.25, -0.2) is 9.18 Å². The zero-order valence-electron chi connectivity index (χ0n) is 13.4. The summed E-state index contributed by atoms with van der Waals surface area (Å²) in [6.07, 6.45) is 0. The van der Waals surface area contributed by atoms with E-state index in [0.29, 0.717) is 0 Å². The Bertz CT molecular complexity index is 501. The Morgan fingerprint density at radius 1 is 1.09 bits per heavy atom. The summed E-state index contributed by atoms with van der Waals surface area (Å²) in [4.78, 5) is 23.2. The van der Waals surface area contributed by atoms with Gasteiger partial charge in [-0.2, -0.15) is 0 Å². The lowest BCUT2D eigenvalue weighted by Crippen LogP contribution is -2.46. The highest BCUT2D eigenvalue weighted by atomic mass is 19.1. The lowest BCUT2D eigenvalue weighted by molar-refractivity contribution is -0.119. The molecule has 122 valence electrons. The van der Waals surface area contributed by atoms with Crippen LogP contribution >= 0.6 is 0 Å². The van der Waals surface area contributed by atoms with Gasteiger partial charge in [0.1, 0.15) is 5.82 Å². The molecule has 1 atom stereocenters. The molecule has 0 spiro atoms. The number of benzene rings is 1. The molecule has 22 heavy (non-hydrogen) atoms. The molecule has 0 bridgehead atoms. The fraction of sp³-hybridized carbons (Fsp3) is 0.500. The minimum Gasteiger partial charge on any atom is -0.336 e. The summed E-state index contributed by atoms with van der Waals surface area (Å²) in [5, 5.41) is 7.94. The van der Waals surface area contributed by atoms with E-state index in [0.717, 1.165) is 5.56 Å². The maximum Gasteiger partial charge on any atom is 0.321 e. The van der Waals surface area contributed by atoms with Gasteiger partial charge >= 0.3 is 6.03 Å². The van der Waals surface area contributed by atoms with Crippen molar-refractivity contribution in [3.63, 3.8) is 0 Å². The smallest absolute Gasteiger partial charge is 0.321 e. The molecule has 1 aromatic rings. The minimum absolute atomic E-state index is 0.00569. The number of carbonyl (C=O) groups excluding carboxylic acids is 2. The molecule has 0 aliphatic rings. The summed E-state index contributed by atoms with van der Waals surface area (Å²) in [6.45, 7) is 7.64. The summed E-state index contributed by atoms with van der Waals surface area (Å²) in [7, 11) is 0. The Balaban J connectivity index is 2.56. The first-order valence-electron chi connectivity index (χ1n) is 7.38. The second-order valence-corrected chi connectivity index (χ2v) is 5.83. The molecule has 0 heterocycles. The van der Waals surface area contributed by atoms with Crippen LogP contribution in [0.4, 0.5) is 9.18 Å². The molecule has 3 amide bonds. The van der Waals surface area contributed by atoms with Gasteiger partial charge in [-0.15, -0.1) is 0 Å². The summed E-state index contributed by atoms with van der Waals surface area (Å²) < 4.78 is 13.0. The third-order valence-electron chi connectivity index (χ3n) is 3.05. The number of amides is 3. The van der Waals surface area contributed by atoms with Crippen molar-refractivity contribution in [3.05, 3.63) is 35.6 Å². The second kappa shape index (κ2) is 8.48. The number of halogens is 1. The maximum atomic E-state index is 13.0. The number of carbonyl (C=O) groups is 2. The lowest BCUT2D eigenvalue weighted by atomic mass is 9.96. The molecular formula is C16H24FN3O2. The standard InChI is InChI=1S/C16H24FN3O2/c1-10(2)15(12-5-7-13(17)8-6-12)18-9-14(21)20-16(22)19-11(3)4/h5-8,10-11,15,18H,9H2,1-4H3,(H2,19,20,21,22)/t15-/m0/s1. The Labute approximate surface area is 130 Å². The van der Waals surface area contributed by atoms with Crippen LogP contribution in [0, 0.1) is 11.7 Å². The molecule has 0 fully saturated rings. The van der Waals surface area contributed by atoms with Gasteiger partial charge in [-0.05, 0) is 37.5 Å². The lowest BCUT2D eigenvalue weighted by Gasteiger charge is -2.22. The highest BCUT2D eigenvalue weighted by molar-refractivity contribution is 5.95. The first kappa shape index (κ1) is 18.1. The molecule has 5 nitrogen and oxygen atoms in total. The minimum atomic E-state index is -0.510. The molecule has 6 heteroatoms. The fourth-order valence-corrected chi connectivity index (χ4v) is 2.08. The number of urea groups is 1. The number of nitrogens with one attached hydrogen (secondary N) is 3. The van der Waals surface area contributed by atoms with Crippen LogP contribution in [0.25, 0.3) is 0 Å². The molecule has 1 aromatic carbocycles. The average molecular weight is 309 g/mol. The third-order valence-corrected chi connectivity index (χ3v) is 3.05. The van der Waals surface area contributed by atoms with Crippen LogP contribution < -0.4 is 16.0 Å². The van der Waals surface area contributed by atoms with Gasteiger partial charge in [0.15, 0.2) is 0 Å². The van der Waals surface area contributed by atoms with Crippen LogP contribution in [0.15, 0.2) is 24.3 Å². The largest absolute Gasteiger partial charge is 0.336 e. The first-order valence-corrected chi connectivity index (χ1v) is 7.38. The molecule has 0 aliphatic heterocycles. The SMILES string of the molecule is CC(C)NC(=O)NC(=O)CN[C@H](c1ccc(F)cc1)C(C)C. The van der Waals surface area contributed by atoms with Gasteiger partial charge in [0, 0.05) is 12.1 Å². The number of rotatable bonds is 6. The van der Waals surface area contributed by atoms with Gasteiger partial charge in [-0.3, -0.25) is 10.1 Å². The van der Waals surface area contributed by atoms with Crippen molar-refractivity contribution in [3.8, 4) is 0 Å². The van der Waals surface area contributed by atoms with E-state index in [-0.39, 0.29) is 30.4 Å². The topological polar surface area (TPSA) is 70.2 Å². The summed E-state index contributed by atoms with van der Waals surface area (Å²) in [6, 6.07) is 5.52. The number of hydrogen-bond donors (Lipinski definition) is 3. The van der Waals surface area contributed by atoms with E-state index < -0.39 is 11.9 Å². The predicted molar refractivity (Wildman–Crippen MR) is 83.8 cm³/mol. The van der Waals surface area contributed by atoms with Crippen molar-refractivity contribution in [1.82, 2.24) is 16.0 Å². The second-order valence-electron chi connectivity index (χ2n) is 5.83. The monoisotopic (exact) mass is 309 g/mol. The molecule has 1 rings (SSSR count). The van der Waals surface area contributed by atoms with Gasteiger partial charge in [-0.1, -0.05) is 26.0 Å². The Kier molecular flexibility index (Phi) is 6.98. The summed E-state index contributed by atoms with van der Waals surface area (Å²) in [5.41, 5.74) is 0.899. The number of hydrogen-bond acceptors (Lipinski definition) is 3. The van der Waals surface area contributed by atoms with Crippen LogP contribution in [0.3, 0.4) is 0 Å². The van der Waals surface area contributed by atoms with E-state index >= 15 is 0 Å².